The van der Waals surface area contributed by atoms with Gasteiger partial charge in [0.15, 0.2) is 0 Å². The molecule has 2 aromatic heterocycles. The van der Waals surface area contributed by atoms with Gasteiger partial charge in [0.25, 0.3) is 0 Å². The van der Waals surface area contributed by atoms with Gasteiger partial charge in [-0.25, -0.2) is 0 Å². The maximum atomic E-state index is 10.2. The number of fused-ring (bicyclic) bond motifs is 8. The van der Waals surface area contributed by atoms with Gasteiger partial charge < -0.3 is 14.2 Å². The van der Waals surface area contributed by atoms with Crippen molar-refractivity contribution in [1.82, 2.24) is 4.40 Å². The maximum absolute atomic E-state index is 10.2. The van der Waals surface area contributed by atoms with Gasteiger partial charge in [-0.15, -0.1) is 0 Å². The Morgan fingerprint density at radius 3 is 1.45 bits per heavy atom. The molecule has 0 saturated carbocycles. The van der Waals surface area contributed by atoms with Crippen LogP contribution in [0.1, 0.15) is 18.4 Å². The zero-order chi connectivity index (χ0) is 36.5. The third kappa shape index (κ3) is 4.98. The number of allylic oxidation sites excluding steroid dienone is 3. The van der Waals surface area contributed by atoms with E-state index >= 15 is 0 Å². The van der Waals surface area contributed by atoms with Gasteiger partial charge in [-0.3, -0.25) is 0 Å². The summed E-state index contributed by atoms with van der Waals surface area (Å²) in [5.74, 6) is 0. The topological polar surface area (TPSA) is 34.7 Å². The van der Waals surface area contributed by atoms with E-state index in [4.69, 9.17) is 0 Å². The molecular weight excluding hydrogens is 669 g/mol. The lowest BCUT2D eigenvalue weighted by Gasteiger charge is -2.28. The molecule has 0 amide bonds. The van der Waals surface area contributed by atoms with Gasteiger partial charge in [-0.05, 0) is 138 Å². The molecule has 0 unspecified atom stereocenters. The van der Waals surface area contributed by atoms with Gasteiger partial charge in [0.1, 0.15) is 0 Å². The Labute approximate surface area is 318 Å². The lowest BCUT2D eigenvalue weighted by Crippen LogP contribution is -2.16. The molecule has 0 atom stereocenters. The van der Waals surface area contributed by atoms with E-state index < -0.39 is 0 Å². The molecule has 55 heavy (non-hydrogen) atoms. The summed E-state index contributed by atoms with van der Waals surface area (Å²) in [5.41, 5.74) is 10.9. The van der Waals surface area contributed by atoms with Gasteiger partial charge in [-0.2, -0.15) is 5.26 Å². The Morgan fingerprint density at radius 2 is 0.964 bits per heavy atom. The molecule has 0 saturated heterocycles. The molecule has 0 aliphatic heterocycles. The zero-order valence-electron chi connectivity index (χ0n) is 30.0. The van der Waals surface area contributed by atoms with Gasteiger partial charge in [-0.1, -0.05) is 78.9 Å². The fraction of sp³-hybridized carbons (Fsp3) is 0.0392. The number of hydrogen-bond donors (Lipinski definition) is 0. The first-order valence-corrected chi connectivity index (χ1v) is 18.9. The summed E-state index contributed by atoms with van der Waals surface area (Å²) >= 11 is 0. The van der Waals surface area contributed by atoms with Gasteiger partial charge >= 0.3 is 0 Å². The maximum Gasteiger partial charge on any atom is 0.0992 e. The summed E-state index contributed by atoms with van der Waals surface area (Å²) in [6.07, 6.45) is 8.94. The number of para-hydroxylation sites is 3. The van der Waals surface area contributed by atoms with Crippen LogP contribution in [0.15, 0.2) is 188 Å². The predicted molar refractivity (Wildman–Crippen MR) is 231 cm³/mol. The van der Waals surface area contributed by atoms with Crippen LogP contribution in [0.25, 0.3) is 59.6 Å². The lowest BCUT2D eigenvalue weighted by molar-refractivity contribution is 0.997. The Hall–Kier alpha value is -7.35. The highest BCUT2D eigenvalue weighted by Crippen LogP contribution is 2.44. The van der Waals surface area contributed by atoms with Crippen molar-refractivity contribution >= 4 is 88.1 Å². The van der Waals surface area contributed by atoms with E-state index in [1.54, 1.807) is 0 Å². The van der Waals surface area contributed by atoms with Crippen LogP contribution >= 0.6 is 0 Å². The smallest absolute Gasteiger partial charge is 0.0992 e. The highest BCUT2D eigenvalue weighted by molar-refractivity contribution is 6.26. The summed E-state index contributed by atoms with van der Waals surface area (Å²) in [6, 6.07) is 61.2. The third-order valence-corrected chi connectivity index (χ3v) is 11.2. The van der Waals surface area contributed by atoms with Crippen molar-refractivity contribution in [2.45, 2.75) is 12.8 Å². The highest BCUT2D eigenvalue weighted by atomic mass is 15.1. The monoisotopic (exact) mass is 702 g/mol. The molecule has 10 aromatic rings. The lowest BCUT2D eigenvalue weighted by atomic mass is 10.00. The number of rotatable bonds is 6. The van der Waals surface area contributed by atoms with Crippen LogP contribution in [0.2, 0.25) is 0 Å². The number of nitrogens with zero attached hydrogens (tertiary/aromatic N) is 4. The molecule has 0 fully saturated rings. The van der Waals surface area contributed by atoms with Gasteiger partial charge in [0, 0.05) is 55.7 Å². The van der Waals surface area contributed by atoms with Gasteiger partial charge in [0.05, 0.1) is 28.2 Å². The molecule has 0 N–H and O–H groups in total. The Morgan fingerprint density at radius 1 is 0.455 bits per heavy atom. The predicted octanol–water partition coefficient (Wildman–Crippen LogP) is 13.9. The van der Waals surface area contributed by atoms with E-state index in [1.165, 1.54) is 16.5 Å². The summed E-state index contributed by atoms with van der Waals surface area (Å²) in [7, 11) is 0. The summed E-state index contributed by atoms with van der Waals surface area (Å²) < 4.78 is 2.43. The molecule has 1 aliphatic rings. The largest absolute Gasteiger partial charge is 0.311 e. The molecule has 1 aliphatic carbocycles. The van der Waals surface area contributed by atoms with Crippen LogP contribution < -0.4 is 9.80 Å². The van der Waals surface area contributed by atoms with Crippen molar-refractivity contribution in [3.05, 3.63) is 193 Å². The number of hydrogen-bond acceptors (Lipinski definition) is 3. The van der Waals surface area contributed by atoms with Gasteiger partial charge in [0.2, 0.25) is 0 Å². The molecule has 11 rings (SSSR count). The fourth-order valence-electron chi connectivity index (χ4n) is 8.74. The standard InChI is InChI=1S/C51H34N4/c52-33-34-25-47-45-29-35-21-23-43(53(39-13-5-1-6-14-39)40-15-7-2-8-16-40)27-37(35)31-49(45)55-50-32-38-28-44(24-22-36(38)30-46(50)48(26-34)51(47)55)54(41-17-9-3-10-18-41)42-19-11-4-12-20-42/h1-3,5-11,13-32H,4,12H2. The molecule has 0 radical (unpaired) electrons. The van der Waals surface area contributed by atoms with Crippen LogP contribution in [0.5, 0.6) is 0 Å². The highest BCUT2D eigenvalue weighted by Gasteiger charge is 2.22. The minimum Gasteiger partial charge on any atom is -0.311 e. The van der Waals surface area contributed by atoms with Crippen molar-refractivity contribution < 1.29 is 0 Å². The van der Waals surface area contributed by atoms with E-state index in [0.29, 0.717) is 5.56 Å². The Balaban J connectivity index is 1.15. The Kier molecular flexibility index (Phi) is 7.02. The van der Waals surface area contributed by atoms with Crippen molar-refractivity contribution in [1.29, 1.82) is 5.26 Å². The van der Waals surface area contributed by atoms with Crippen molar-refractivity contribution in [3.63, 3.8) is 0 Å². The number of anilines is 5. The minimum absolute atomic E-state index is 0.675. The second-order valence-electron chi connectivity index (χ2n) is 14.5. The molecule has 4 nitrogen and oxygen atoms in total. The first-order valence-electron chi connectivity index (χ1n) is 18.9. The van der Waals surface area contributed by atoms with Crippen molar-refractivity contribution in [2.75, 3.05) is 9.80 Å². The zero-order valence-corrected chi connectivity index (χ0v) is 30.0. The molecule has 8 aromatic carbocycles. The molecule has 0 bridgehead atoms. The minimum atomic E-state index is 0.675. The number of aromatic nitrogens is 1. The molecule has 2 heterocycles. The van der Waals surface area contributed by atoms with Crippen molar-refractivity contribution in [3.8, 4) is 6.07 Å². The molecule has 258 valence electrons. The SMILES string of the molecule is N#Cc1cc2c3cc4ccc(N(C5=CCCC=C5)c5ccccc5)cc4cc3n3c4cc5cc(N(c6ccccc6)c6ccccc6)ccc5cc4c(c1)c23. The van der Waals surface area contributed by atoms with E-state index in [9.17, 15) is 5.26 Å². The van der Waals surface area contributed by atoms with Crippen LogP contribution in [0.3, 0.4) is 0 Å². The van der Waals surface area contributed by atoms with E-state index in [0.717, 1.165) is 90.1 Å². The second-order valence-corrected chi connectivity index (χ2v) is 14.5. The summed E-state index contributed by atoms with van der Waals surface area (Å²) in [4.78, 5) is 4.67. The third-order valence-electron chi connectivity index (χ3n) is 11.2. The summed E-state index contributed by atoms with van der Waals surface area (Å²) in [5, 5.41) is 19.4. The van der Waals surface area contributed by atoms with Crippen LogP contribution in [0.4, 0.5) is 28.4 Å². The quantitative estimate of drug-likeness (QED) is 0.173. The number of nitriles is 1. The van der Waals surface area contributed by atoms with E-state index in [1.807, 2.05) is 0 Å². The first kappa shape index (κ1) is 31.2. The fourth-order valence-corrected chi connectivity index (χ4v) is 8.74. The van der Waals surface area contributed by atoms with Crippen molar-refractivity contribution in [2.24, 2.45) is 0 Å². The second kappa shape index (κ2) is 12.4. The summed E-state index contributed by atoms with van der Waals surface area (Å²) in [6.45, 7) is 0. The van der Waals surface area contributed by atoms with E-state index in [-0.39, 0.29) is 0 Å². The molecular formula is C51H34N4. The van der Waals surface area contributed by atoms with Crippen LogP contribution in [-0.2, 0) is 0 Å². The number of benzene rings is 8. The molecule has 0 spiro atoms. The normalized spacial score (nSPS) is 13.0. The average Bonchev–Trinajstić information content (AvgIpc) is 3.74. The average molecular weight is 703 g/mol. The molecule has 4 heteroatoms. The Bertz CT molecular complexity index is 3170. The van der Waals surface area contributed by atoms with Crippen LogP contribution in [0, 0.1) is 11.3 Å². The van der Waals surface area contributed by atoms with Crippen LogP contribution in [-0.4, -0.2) is 4.40 Å². The van der Waals surface area contributed by atoms with E-state index in [2.05, 4.69) is 202 Å². The first-order chi connectivity index (χ1) is 27.2.